The lowest BCUT2D eigenvalue weighted by molar-refractivity contribution is -0.122. The largest absolute Gasteiger partial charge is 0.396 e. The van der Waals surface area contributed by atoms with Crippen LogP contribution in [0, 0.1) is 5.92 Å². The highest BCUT2D eigenvalue weighted by Crippen LogP contribution is 2.08. The molecule has 2 unspecified atom stereocenters. The highest BCUT2D eigenvalue weighted by atomic mass is 32.1. The summed E-state index contributed by atoms with van der Waals surface area (Å²) < 4.78 is 0. The average molecular weight is 270 g/mol. The second-order valence-corrected chi connectivity index (χ2v) is 5.15. The summed E-state index contributed by atoms with van der Waals surface area (Å²) in [5.74, 6) is -0.489. The van der Waals surface area contributed by atoms with Gasteiger partial charge in [-0.1, -0.05) is 13.0 Å². The van der Waals surface area contributed by atoms with Gasteiger partial charge in [0, 0.05) is 13.2 Å². The summed E-state index contributed by atoms with van der Waals surface area (Å²) in [6.45, 7) is 3.88. The lowest BCUT2D eigenvalue weighted by Crippen LogP contribution is -2.45. The predicted molar refractivity (Wildman–Crippen MR) is 70.5 cm³/mol. The number of aliphatic hydroxyl groups excluding tert-OH is 1. The molecule has 1 aromatic rings. The molecule has 1 heterocycles. The lowest BCUT2D eigenvalue weighted by atomic mass is 10.2. The molecule has 3 N–H and O–H groups in total. The van der Waals surface area contributed by atoms with E-state index in [0.717, 1.165) is 0 Å². The van der Waals surface area contributed by atoms with Crippen molar-refractivity contribution in [2.24, 2.45) is 5.92 Å². The van der Waals surface area contributed by atoms with Gasteiger partial charge in [-0.05, 0) is 24.3 Å². The number of thiophene rings is 1. The molecule has 18 heavy (non-hydrogen) atoms. The molecule has 2 atom stereocenters. The van der Waals surface area contributed by atoms with E-state index in [9.17, 15) is 9.59 Å². The van der Waals surface area contributed by atoms with Crippen LogP contribution in [0.4, 0.5) is 0 Å². The van der Waals surface area contributed by atoms with Crippen LogP contribution in [0.2, 0.25) is 0 Å². The maximum absolute atomic E-state index is 11.7. The van der Waals surface area contributed by atoms with Gasteiger partial charge in [0.1, 0.15) is 6.04 Å². The highest BCUT2D eigenvalue weighted by molar-refractivity contribution is 7.12. The quantitative estimate of drug-likeness (QED) is 0.708. The Labute approximate surface area is 110 Å². The summed E-state index contributed by atoms with van der Waals surface area (Å²) >= 11 is 1.33. The van der Waals surface area contributed by atoms with Gasteiger partial charge in [-0.2, -0.15) is 0 Å². The van der Waals surface area contributed by atoms with Gasteiger partial charge >= 0.3 is 0 Å². The smallest absolute Gasteiger partial charge is 0.261 e. The number of nitrogens with one attached hydrogen (secondary N) is 2. The van der Waals surface area contributed by atoms with Gasteiger partial charge in [0.25, 0.3) is 5.91 Å². The van der Waals surface area contributed by atoms with Crippen LogP contribution in [0.25, 0.3) is 0 Å². The van der Waals surface area contributed by atoms with Gasteiger partial charge in [0.2, 0.25) is 5.91 Å². The lowest BCUT2D eigenvalue weighted by Gasteiger charge is -2.15. The van der Waals surface area contributed by atoms with E-state index < -0.39 is 6.04 Å². The van der Waals surface area contributed by atoms with Crippen LogP contribution in [0.1, 0.15) is 23.5 Å². The van der Waals surface area contributed by atoms with E-state index in [1.165, 1.54) is 11.3 Å². The van der Waals surface area contributed by atoms with Gasteiger partial charge < -0.3 is 15.7 Å². The van der Waals surface area contributed by atoms with Gasteiger partial charge in [0.15, 0.2) is 0 Å². The molecule has 0 saturated heterocycles. The van der Waals surface area contributed by atoms with Crippen molar-refractivity contribution in [2.75, 3.05) is 13.2 Å². The summed E-state index contributed by atoms with van der Waals surface area (Å²) in [4.78, 5) is 23.9. The van der Waals surface area contributed by atoms with Gasteiger partial charge in [-0.15, -0.1) is 11.3 Å². The maximum Gasteiger partial charge on any atom is 0.261 e. The van der Waals surface area contributed by atoms with E-state index >= 15 is 0 Å². The van der Waals surface area contributed by atoms with Crippen molar-refractivity contribution in [1.82, 2.24) is 10.6 Å². The van der Waals surface area contributed by atoms with Crippen LogP contribution in [-0.2, 0) is 4.79 Å². The molecule has 0 fully saturated rings. The Morgan fingerprint density at radius 2 is 2.17 bits per heavy atom. The maximum atomic E-state index is 11.7. The Morgan fingerprint density at radius 3 is 2.72 bits per heavy atom. The molecule has 0 aliphatic rings. The molecule has 0 bridgehead atoms. The van der Waals surface area contributed by atoms with Crippen LogP contribution in [0.15, 0.2) is 17.5 Å². The molecule has 0 aliphatic heterocycles. The molecule has 1 rings (SSSR count). The number of rotatable bonds is 6. The molecule has 0 aromatic carbocycles. The van der Waals surface area contributed by atoms with Crippen molar-refractivity contribution >= 4 is 23.2 Å². The molecular formula is C12H18N2O3S. The molecule has 100 valence electrons. The zero-order chi connectivity index (χ0) is 13.5. The topological polar surface area (TPSA) is 78.4 Å². The average Bonchev–Trinajstić information content (AvgIpc) is 2.89. The first-order valence-electron chi connectivity index (χ1n) is 5.77. The summed E-state index contributed by atoms with van der Waals surface area (Å²) in [7, 11) is 0. The third kappa shape index (κ3) is 4.46. The summed E-state index contributed by atoms with van der Waals surface area (Å²) in [6.07, 6.45) is 0. The fourth-order valence-electron chi connectivity index (χ4n) is 1.23. The first-order chi connectivity index (χ1) is 8.54. The molecule has 0 aliphatic carbocycles. The van der Waals surface area contributed by atoms with Crippen molar-refractivity contribution < 1.29 is 14.7 Å². The minimum Gasteiger partial charge on any atom is -0.396 e. The second kappa shape index (κ2) is 7.13. The Bertz CT molecular complexity index is 392. The van der Waals surface area contributed by atoms with Crippen molar-refractivity contribution in [3.63, 3.8) is 0 Å². The Kier molecular flexibility index (Phi) is 5.80. The van der Waals surface area contributed by atoms with E-state index in [1.807, 2.05) is 12.3 Å². The fraction of sp³-hybridized carbons (Fsp3) is 0.500. The monoisotopic (exact) mass is 270 g/mol. The number of carbonyl (C=O) groups excluding carboxylic acids is 2. The molecule has 0 spiro atoms. The third-order valence-corrected chi connectivity index (χ3v) is 3.29. The van der Waals surface area contributed by atoms with Crippen molar-refractivity contribution in [2.45, 2.75) is 19.9 Å². The van der Waals surface area contributed by atoms with Crippen LogP contribution < -0.4 is 10.6 Å². The van der Waals surface area contributed by atoms with Crippen molar-refractivity contribution in [3.05, 3.63) is 22.4 Å². The number of hydrogen-bond donors (Lipinski definition) is 3. The zero-order valence-corrected chi connectivity index (χ0v) is 11.3. The molecule has 2 amide bonds. The van der Waals surface area contributed by atoms with Crippen LogP contribution >= 0.6 is 11.3 Å². The van der Waals surface area contributed by atoms with Crippen LogP contribution in [0.3, 0.4) is 0 Å². The third-order valence-electron chi connectivity index (χ3n) is 2.42. The summed E-state index contributed by atoms with van der Waals surface area (Å²) in [5.41, 5.74) is 0. The second-order valence-electron chi connectivity index (χ2n) is 4.21. The van der Waals surface area contributed by atoms with E-state index in [-0.39, 0.29) is 24.3 Å². The summed E-state index contributed by atoms with van der Waals surface area (Å²) in [6, 6.07) is 2.90. The summed E-state index contributed by atoms with van der Waals surface area (Å²) in [5, 5.41) is 15.9. The Hall–Kier alpha value is -1.40. The van der Waals surface area contributed by atoms with Gasteiger partial charge in [-0.3, -0.25) is 9.59 Å². The standard InChI is InChI=1S/C12H18N2O3S/c1-8(7-15)6-13-11(16)9(2)14-12(17)10-4-3-5-18-10/h3-5,8-9,15H,6-7H2,1-2H3,(H,13,16)(H,14,17). The van der Waals surface area contributed by atoms with Crippen molar-refractivity contribution in [1.29, 1.82) is 0 Å². The van der Waals surface area contributed by atoms with Gasteiger partial charge in [-0.25, -0.2) is 0 Å². The van der Waals surface area contributed by atoms with Crippen LogP contribution in [0.5, 0.6) is 0 Å². The van der Waals surface area contributed by atoms with E-state index in [2.05, 4.69) is 10.6 Å². The van der Waals surface area contributed by atoms with Gasteiger partial charge in [0.05, 0.1) is 4.88 Å². The molecule has 6 heteroatoms. The number of aliphatic hydroxyl groups is 1. The fourth-order valence-corrected chi connectivity index (χ4v) is 1.86. The minimum atomic E-state index is -0.592. The Morgan fingerprint density at radius 1 is 1.44 bits per heavy atom. The van der Waals surface area contributed by atoms with Crippen molar-refractivity contribution in [3.8, 4) is 0 Å². The molecular weight excluding hydrogens is 252 g/mol. The van der Waals surface area contributed by atoms with E-state index in [0.29, 0.717) is 11.4 Å². The normalized spacial score (nSPS) is 13.7. The number of carbonyl (C=O) groups is 2. The Balaban J connectivity index is 2.38. The molecule has 0 saturated carbocycles. The first-order valence-corrected chi connectivity index (χ1v) is 6.65. The molecule has 5 nitrogen and oxygen atoms in total. The molecule has 1 aromatic heterocycles. The predicted octanol–water partition coefficient (Wildman–Crippen LogP) is 0.611. The number of hydrogen-bond acceptors (Lipinski definition) is 4. The molecule has 0 radical (unpaired) electrons. The van der Waals surface area contributed by atoms with Crippen LogP contribution in [-0.4, -0.2) is 36.1 Å². The van der Waals surface area contributed by atoms with E-state index in [4.69, 9.17) is 5.11 Å². The first kappa shape index (κ1) is 14.7. The van der Waals surface area contributed by atoms with E-state index in [1.54, 1.807) is 19.1 Å². The zero-order valence-electron chi connectivity index (χ0n) is 10.5. The SMILES string of the molecule is CC(CO)CNC(=O)C(C)NC(=O)c1cccs1. The minimum absolute atomic E-state index is 0.00847. The number of amides is 2. The highest BCUT2D eigenvalue weighted by Gasteiger charge is 2.17.